The van der Waals surface area contributed by atoms with Crippen molar-refractivity contribution in [1.82, 2.24) is 0 Å². The van der Waals surface area contributed by atoms with Crippen molar-refractivity contribution in [2.75, 3.05) is 0 Å². The van der Waals surface area contributed by atoms with E-state index in [1.807, 2.05) is 0 Å². The molecule has 0 saturated heterocycles. The highest BCUT2D eigenvalue weighted by Gasteiger charge is 2.44. The number of hydrogen-bond donors (Lipinski definition) is 0. The van der Waals surface area contributed by atoms with Gasteiger partial charge in [0.25, 0.3) is 6.71 Å². The Morgan fingerprint density at radius 2 is 0.725 bits per heavy atom. The number of unbranched alkanes of at least 4 members (excludes halogenated alkanes) is 2. The summed E-state index contributed by atoms with van der Waals surface area (Å²) in [7, 11) is 0. The molecule has 40 heavy (non-hydrogen) atoms. The zero-order valence-electron chi connectivity index (χ0n) is 19.4. The van der Waals surface area contributed by atoms with Gasteiger partial charge in [-0.15, -0.1) is 0 Å². The van der Waals surface area contributed by atoms with Crippen molar-refractivity contribution in [2.24, 2.45) is 0 Å². The molecule has 3 rings (SSSR count). The van der Waals surface area contributed by atoms with Crippen LogP contribution in [0, 0.1) is 87.3 Å². The van der Waals surface area contributed by atoms with Crippen LogP contribution in [0.3, 0.4) is 0 Å². The number of rotatable bonds is 7. The Bertz CT molecular complexity index is 1390. The summed E-state index contributed by atoms with van der Waals surface area (Å²) in [6.07, 6.45) is -0.133. The first-order chi connectivity index (χ1) is 18.6. The Balaban J connectivity index is 2.68. The van der Waals surface area contributed by atoms with Crippen LogP contribution >= 0.6 is 0 Å². The van der Waals surface area contributed by atoms with E-state index in [2.05, 4.69) is 0 Å². The highest BCUT2D eigenvalue weighted by Crippen LogP contribution is 2.33. The van der Waals surface area contributed by atoms with Gasteiger partial charge in [0.1, 0.15) is 0 Å². The van der Waals surface area contributed by atoms with E-state index in [1.165, 1.54) is 6.92 Å². The van der Waals surface area contributed by atoms with Gasteiger partial charge in [0.05, 0.1) is 0 Å². The second-order valence-corrected chi connectivity index (χ2v) is 8.15. The van der Waals surface area contributed by atoms with Crippen LogP contribution in [0.15, 0.2) is 6.08 Å². The molecule has 0 nitrogen and oxygen atoms in total. The average molecular weight is 594 g/mol. The van der Waals surface area contributed by atoms with Crippen LogP contribution in [0.25, 0.3) is 5.47 Å². The molecule has 0 radical (unpaired) electrons. The van der Waals surface area contributed by atoms with E-state index in [9.17, 15) is 65.9 Å². The lowest BCUT2D eigenvalue weighted by atomic mass is 9.34. The average Bonchev–Trinajstić information content (AvgIpc) is 2.93. The first-order valence-corrected chi connectivity index (χ1v) is 10.9. The molecule has 0 spiro atoms. The molecule has 0 amide bonds. The summed E-state index contributed by atoms with van der Waals surface area (Å²) >= 11 is 0. The van der Waals surface area contributed by atoms with Crippen molar-refractivity contribution in [3.05, 3.63) is 98.9 Å². The van der Waals surface area contributed by atoms with Crippen LogP contribution in [-0.2, 0) is 0 Å². The summed E-state index contributed by atoms with van der Waals surface area (Å²) in [4.78, 5) is 0. The van der Waals surface area contributed by atoms with Gasteiger partial charge in [-0.25, -0.2) is 65.9 Å². The first kappa shape index (κ1) is 30.9. The Morgan fingerprint density at radius 1 is 0.450 bits per heavy atom. The summed E-state index contributed by atoms with van der Waals surface area (Å²) in [6.45, 7) is -2.07. The SMILES string of the molecule is CCCC/C=C(/B(c1c(F)c(F)c(F)c(F)c1F)c1c(F)c(F)c(F)c(F)c1F)c1c(F)c(F)c(F)c(F)c1F. The Hall–Kier alpha value is -3.59. The topological polar surface area (TPSA) is 0 Å². The van der Waals surface area contributed by atoms with Gasteiger partial charge < -0.3 is 0 Å². The van der Waals surface area contributed by atoms with Gasteiger partial charge in [-0.1, -0.05) is 31.3 Å². The monoisotopic (exact) mass is 594 g/mol. The van der Waals surface area contributed by atoms with Crippen molar-refractivity contribution in [2.45, 2.75) is 26.2 Å². The third kappa shape index (κ3) is 4.81. The highest BCUT2D eigenvalue weighted by atomic mass is 19.2. The lowest BCUT2D eigenvalue weighted by molar-refractivity contribution is 0.376. The van der Waals surface area contributed by atoms with E-state index in [0.717, 1.165) is 0 Å². The Morgan fingerprint density at radius 3 is 1.02 bits per heavy atom. The van der Waals surface area contributed by atoms with E-state index in [4.69, 9.17) is 0 Å². The molecule has 0 fully saturated rings. The summed E-state index contributed by atoms with van der Waals surface area (Å²) in [5.74, 6) is -42.7. The molecule has 0 aliphatic carbocycles. The van der Waals surface area contributed by atoms with E-state index >= 15 is 0 Å². The molecule has 0 saturated carbocycles. The largest absolute Gasteiger partial charge is 0.257 e. The van der Waals surface area contributed by atoms with Gasteiger partial charge in [0.15, 0.2) is 81.4 Å². The van der Waals surface area contributed by atoms with E-state index < -0.39 is 122 Å². The molecule has 214 valence electrons. The third-order valence-electron chi connectivity index (χ3n) is 5.80. The molecule has 3 aromatic carbocycles. The minimum atomic E-state index is -3.54. The van der Waals surface area contributed by atoms with Crippen LogP contribution in [-0.4, -0.2) is 6.71 Å². The molecule has 0 heterocycles. The minimum absolute atomic E-state index is 0.0835. The van der Waals surface area contributed by atoms with Crippen LogP contribution < -0.4 is 10.9 Å². The second kappa shape index (κ2) is 11.5. The van der Waals surface area contributed by atoms with Crippen molar-refractivity contribution < 1.29 is 65.9 Å². The maximum absolute atomic E-state index is 14.9. The number of allylic oxidation sites excluding steroid dienone is 1. The first-order valence-electron chi connectivity index (χ1n) is 10.9. The van der Waals surface area contributed by atoms with Crippen molar-refractivity contribution in [3.8, 4) is 0 Å². The maximum atomic E-state index is 14.9. The van der Waals surface area contributed by atoms with Crippen molar-refractivity contribution in [1.29, 1.82) is 0 Å². The molecule has 3 aromatic rings. The molecule has 0 aromatic heterocycles. The molecule has 0 aliphatic rings. The normalized spacial score (nSPS) is 11.9. The van der Waals surface area contributed by atoms with Gasteiger partial charge in [0.2, 0.25) is 5.82 Å². The molecule has 0 atom stereocenters. The summed E-state index contributed by atoms with van der Waals surface area (Å²) in [5, 5.41) is 0. The molecule has 0 aliphatic heterocycles. The van der Waals surface area contributed by atoms with E-state index in [1.54, 1.807) is 0 Å². The second-order valence-electron chi connectivity index (χ2n) is 8.15. The Labute approximate surface area is 214 Å². The van der Waals surface area contributed by atoms with Gasteiger partial charge >= 0.3 is 0 Å². The third-order valence-corrected chi connectivity index (χ3v) is 5.80. The van der Waals surface area contributed by atoms with Crippen LogP contribution in [0.2, 0.25) is 0 Å². The van der Waals surface area contributed by atoms with E-state index in [0.29, 0.717) is 6.08 Å². The molecule has 0 unspecified atom stereocenters. The van der Waals surface area contributed by atoms with Gasteiger partial charge in [0, 0.05) is 16.5 Å². The highest BCUT2D eigenvalue weighted by molar-refractivity contribution is 6.99. The maximum Gasteiger partial charge on any atom is 0.257 e. The zero-order valence-corrected chi connectivity index (χ0v) is 19.4. The summed E-state index contributed by atoms with van der Waals surface area (Å²) in [6, 6.07) is 0. The molecule has 0 bridgehead atoms. The van der Waals surface area contributed by atoms with E-state index in [-0.39, 0.29) is 12.8 Å². The Kier molecular flexibility index (Phi) is 8.89. The van der Waals surface area contributed by atoms with Crippen molar-refractivity contribution >= 4 is 23.1 Å². The summed E-state index contributed by atoms with van der Waals surface area (Å²) < 4.78 is 215. The van der Waals surface area contributed by atoms with Gasteiger partial charge in [-0.3, -0.25) is 0 Å². The lowest BCUT2D eigenvalue weighted by Gasteiger charge is -2.23. The van der Waals surface area contributed by atoms with Gasteiger partial charge in [-0.2, -0.15) is 0 Å². The number of halogens is 15. The van der Waals surface area contributed by atoms with Crippen LogP contribution in [0.1, 0.15) is 31.7 Å². The predicted molar refractivity (Wildman–Crippen MR) is 111 cm³/mol. The smallest absolute Gasteiger partial charge is 0.204 e. The lowest BCUT2D eigenvalue weighted by Crippen LogP contribution is -2.52. The van der Waals surface area contributed by atoms with Crippen molar-refractivity contribution in [3.63, 3.8) is 0 Å². The molecular formula is C24H10BF15. The number of benzene rings is 3. The molecule has 0 N–H and O–H groups in total. The predicted octanol–water partition coefficient (Wildman–Crippen LogP) is 7.20. The quantitative estimate of drug-likeness (QED) is 0.0894. The molecule has 16 heteroatoms. The van der Waals surface area contributed by atoms with Crippen LogP contribution in [0.5, 0.6) is 0 Å². The number of hydrogen-bond acceptors (Lipinski definition) is 0. The summed E-state index contributed by atoms with van der Waals surface area (Å²) in [5.41, 5.74) is -8.77. The zero-order chi connectivity index (χ0) is 30.4. The van der Waals surface area contributed by atoms with Crippen LogP contribution in [0.4, 0.5) is 65.9 Å². The molecular weight excluding hydrogens is 584 g/mol. The fourth-order valence-electron chi connectivity index (χ4n) is 3.89. The fraction of sp³-hybridized carbons (Fsp3) is 0.167. The van der Waals surface area contributed by atoms with Gasteiger partial charge in [-0.05, 0) is 6.42 Å². The standard InChI is InChI=1S/C24H10BF15/c1-2-3-4-5-6(7-10(26)16(32)22(38)17(33)11(7)27)25(8-12(28)18(34)23(39)19(35)13(8)29)9-14(30)20(36)24(40)21(37)15(9)31/h5H,2-4H2,1H3/b6-5+. The minimum Gasteiger partial charge on any atom is -0.204 e. The fourth-order valence-corrected chi connectivity index (χ4v) is 3.89.